The van der Waals surface area contributed by atoms with Gasteiger partial charge in [-0.25, -0.2) is 0 Å². The quantitative estimate of drug-likeness (QED) is 0.881. The molecule has 0 bridgehead atoms. The normalized spacial score (nSPS) is 26.0. The molecule has 1 aliphatic carbocycles. The van der Waals surface area contributed by atoms with Crippen LogP contribution in [0.1, 0.15) is 69.7 Å². The van der Waals surface area contributed by atoms with Gasteiger partial charge in [0.2, 0.25) is 0 Å². The van der Waals surface area contributed by atoms with Gasteiger partial charge < -0.3 is 10.2 Å². The molecule has 1 fully saturated rings. The lowest BCUT2D eigenvalue weighted by Gasteiger charge is -2.51. The van der Waals surface area contributed by atoms with Crippen LogP contribution in [0.2, 0.25) is 0 Å². The van der Waals surface area contributed by atoms with Gasteiger partial charge in [-0.1, -0.05) is 45.2 Å². The van der Waals surface area contributed by atoms with Gasteiger partial charge in [0.1, 0.15) is 5.66 Å². The molecule has 1 N–H and O–H groups in total. The number of rotatable bonds is 3. The number of hydrogen-bond donors (Lipinski definition) is 1. The van der Waals surface area contributed by atoms with E-state index in [1.54, 1.807) is 0 Å². The Morgan fingerprint density at radius 3 is 2.59 bits per heavy atom. The van der Waals surface area contributed by atoms with Crippen LogP contribution in [0.25, 0.3) is 0 Å². The molecule has 1 amide bonds. The van der Waals surface area contributed by atoms with Crippen LogP contribution in [0.3, 0.4) is 0 Å². The Balaban J connectivity index is 2.00. The summed E-state index contributed by atoms with van der Waals surface area (Å²) < 4.78 is 0. The zero-order chi connectivity index (χ0) is 15.7. The molecule has 0 spiro atoms. The fourth-order valence-corrected chi connectivity index (χ4v) is 4.34. The van der Waals surface area contributed by atoms with Crippen molar-refractivity contribution in [3.63, 3.8) is 0 Å². The summed E-state index contributed by atoms with van der Waals surface area (Å²) in [6, 6.07) is 8.33. The molecule has 2 aliphatic rings. The molecule has 3 nitrogen and oxygen atoms in total. The molecular weight excluding hydrogens is 272 g/mol. The second-order valence-electron chi connectivity index (χ2n) is 7.51. The first-order valence-corrected chi connectivity index (χ1v) is 8.72. The van der Waals surface area contributed by atoms with E-state index >= 15 is 0 Å². The summed E-state index contributed by atoms with van der Waals surface area (Å²) in [5.41, 5.74) is 1.54. The third-order valence-electron chi connectivity index (χ3n) is 5.06. The van der Waals surface area contributed by atoms with E-state index in [4.69, 9.17) is 0 Å². The summed E-state index contributed by atoms with van der Waals surface area (Å²) in [6.45, 7) is 6.67. The highest BCUT2D eigenvalue weighted by Gasteiger charge is 2.44. The Morgan fingerprint density at radius 1 is 1.23 bits per heavy atom. The van der Waals surface area contributed by atoms with Crippen LogP contribution in [0.5, 0.6) is 0 Å². The number of anilines is 1. The lowest BCUT2D eigenvalue weighted by atomic mass is 9.86. The molecule has 1 atom stereocenters. The number of carbonyl (C=O) groups excluding carboxylic acids is 1. The first-order valence-electron chi connectivity index (χ1n) is 8.72. The molecule has 1 aromatic rings. The smallest absolute Gasteiger partial charge is 0.258 e. The molecule has 0 aromatic heterocycles. The van der Waals surface area contributed by atoms with Crippen LogP contribution < -0.4 is 5.32 Å². The van der Waals surface area contributed by atoms with Crippen LogP contribution in [0, 0.1) is 5.92 Å². The molecule has 3 rings (SSSR count). The van der Waals surface area contributed by atoms with Gasteiger partial charge in [0, 0.05) is 11.7 Å². The second-order valence-corrected chi connectivity index (χ2v) is 7.51. The molecule has 0 saturated heterocycles. The topological polar surface area (TPSA) is 32.3 Å². The van der Waals surface area contributed by atoms with E-state index in [1.165, 1.54) is 19.3 Å². The minimum absolute atomic E-state index is 0.212. The number of benzene rings is 1. The maximum absolute atomic E-state index is 13.2. The summed E-state index contributed by atoms with van der Waals surface area (Å²) >= 11 is 0. The molecular formula is C19H28N2O. The summed E-state index contributed by atoms with van der Waals surface area (Å²) in [5.74, 6) is 0.756. The molecule has 1 aliphatic heterocycles. The van der Waals surface area contributed by atoms with Crippen molar-refractivity contribution in [2.45, 2.75) is 71.0 Å². The Morgan fingerprint density at radius 2 is 1.91 bits per heavy atom. The number of nitrogens with zero attached hydrogens (tertiary/aromatic N) is 1. The van der Waals surface area contributed by atoms with Crippen LogP contribution in [-0.2, 0) is 0 Å². The third-order valence-corrected chi connectivity index (χ3v) is 5.06. The average molecular weight is 300 g/mol. The van der Waals surface area contributed by atoms with Crippen molar-refractivity contribution >= 4 is 11.6 Å². The lowest BCUT2D eigenvalue weighted by Crippen LogP contribution is -2.62. The SMILES string of the molecule is CC(C)CC1(C)Nc2ccccc2C(=O)N1C1CCCCC1. The maximum atomic E-state index is 13.2. The Kier molecular flexibility index (Phi) is 4.16. The third kappa shape index (κ3) is 2.73. The second kappa shape index (κ2) is 5.94. The van der Waals surface area contributed by atoms with Crippen molar-refractivity contribution < 1.29 is 4.79 Å². The van der Waals surface area contributed by atoms with Crippen LogP contribution in [-0.4, -0.2) is 22.5 Å². The van der Waals surface area contributed by atoms with Gasteiger partial charge in [-0.05, 0) is 44.2 Å². The first kappa shape index (κ1) is 15.4. The standard InChI is InChI=1S/C19H28N2O/c1-14(2)13-19(3)20-17-12-8-7-11-16(17)18(22)21(19)15-9-5-4-6-10-15/h7-8,11-12,14-15,20H,4-6,9-10,13H2,1-3H3. The largest absolute Gasteiger partial charge is 0.362 e. The first-order chi connectivity index (χ1) is 10.5. The average Bonchev–Trinajstić information content (AvgIpc) is 2.47. The fraction of sp³-hybridized carbons (Fsp3) is 0.632. The van der Waals surface area contributed by atoms with Crippen molar-refractivity contribution in [3.8, 4) is 0 Å². The molecule has 22 heavy (non-hydrogen) atoms. The van der Waals surface area contributed by atoms with Gasteiger partial charge in [0.25, 0.3) is 5.91 Å². The minimum atomic E-state index is -0.276. The highest BCUT2D eigenvalue weighted by molar-refractivity contribution is 6.02. The monoisotopic (exact) mass is 300 g/mol. The number of hydrogen-bond acceptors (Lipinski definition) is 2. The van der Waals surface area contributed by atoms with Gasteiger partial charge in [-0.15, -0.1) is 0 Å². The summed E-state index contributed by atoms with van der Waals surface area (Å²) in [7, 11) is 0. The van der Waals surface area contributed by atoms with E-state index in [1.807, 2.05) is 24.3 Å². The highest BCUT2D eigenvalue weighted by atomic mass is 16.2. The number of para-hydroxylation sites is 1. The van der Waals surface area contributed by atoms with Crippen molar-refractivity contribution in [2.24, 2.45) is 5.92 Å². The van der Waals surface area contributed by atoms with Gasteiger partial charge in [0.15, 0.2) is 0 Å². The summed E-state index contributed by atoms with van der Waals surface area (Å²) in [5, 5.41) is 3.69. The van der Waals surface area contributed by atoms with E-state index in [0.717, 1.165) is 30.5 Å². The maximum Gasteiger partial charge on any atom is 0.258 e. The van der Waals surface area contributed by atoms with Crippen molar-refractivity contribution in [1.82, 2.24) is 4.90 Å². The Labute approximate surface area is 134 Å². The predicted molar refractivity (Wildman–Crippen MR) is 91.0 cm³/mol. The number of amides is 1. The van der Waals surface area contributed by atoms with E-state index in [9.17, 15) is 4.79 Å². The molecule has 120 valence electrons. The van der Waals surface area contributed by atoms with Crippen LogP contribution in [0.15, 0.2) is 24.3 Å². The molecule has 0 radical (unpaired) electrons. The molecule has 1 heterocycles. The zero-order valence-corrected chi connectivity index (χ0v) is 14.1. The lowest BCUT2D eigenvalue weighted by molar-refractivity contribution is 0.0256. The minimum Gasteiger partial charge on any atom is -0.362 e. The number of fused-ring (bicyclic) bond motifs is 1. The van der Waals surface area contributed by atoms with E-state index in [-0.39, 0.29) is 11.6 Å². The molecule has 1 unspecified atom stereocenters. The van der Waals surface area contributed by atoms with Crippen molar-refractivity contribution in [2.75, 3.05) is 5.32 Å². The summed E-state index contributed by atoms with van der Waals surface area (Å²) in [4.78, 5) is 15.4. The number of nitrogens with one attached hydrogen (secondary N) is 1. The van der Waals surface area contributed by atoms with E-state index < -0.39 is 0 Å². The van der Waals surface area contributed by atoms with Gasteiger partial charge in [0.05, 0.1) is 5.56 Å². The van der Waals surface area contributed by atoms with Gasteiger partial charge >= 0.3 is 0 Å². The Hall–Kier alpha value is -1.51. The zero-order valence-electron chi connectivity index (χ0n) is 14.1. The van der Waals surface area contributed by atoms with E-state index in [2.05, 4.69) is 31.0 Å². The van der Waals surface area contributed by atoms with E-state index in [0.29, 0.717) is 12.0 Å². The van der Waals surface area contributed by atoms with Crippen molar-refractivity contribution in [1.29, 1.82) is 0 Å². The van der Waals surface area contributed by atoms with Crippen molar-refractivity contribution in [3.05, 3.63) is 29.8 Å². The number of carbonyl (C=O) groups is 1. The Bertz CT molecular complexity index is 548. The highest BCUT2D eigenvalue weighted by Crippen LogP contribution is 2.39. The van der Waals surface area contributed by atoms with Gasteiger partial charge in [-0.3, -0.25) is 4.79 Å². The summed E-state index contributed by atoms with van der Waals surface area (Å²) in [6.07, 6.45) is 7.06. The molecule has 1 aromatic carbocycles. The predicted octanol–water partition coefficient (Wildman–Crippen LogP) is 4.65. The van der Waals surface area contributed by atoms with Gasteiger partial charge in [-0.2, -0.15) is 0 Å². The van der Waals surface area contributed by atoms with Crippen LogP contribution in [0.4, 0.5) is 5.69 Å². The molecule has 1 saturated carbocycles. The molecule has 3 heteroatoms. The fourth-order valence-electron chi connectivity index (χ4n) is 4.34. The van der Waals surface area contributed by atoms with Crippen LogP contribution >= 0.6 is 0 Å².